The highest BCUT2D eigenvalue weighted by atomic mass is 32.1. The molecular formula is C13H19N3OS. The van der Waals surface area contributed by atoms with Crippen molar-refractivity contribution in [3.8, 4) is 10.7 Å². The van der Waals surface area contributed by atoms with Crippen LogP contribution in [0.4, 0.5) is 0 Å². The van der Waals surface area contributed by atoms with Crippen molar-refractivity contribution in [2.75, 3.05) is 6.54 Å². The summed E-state index contributed by atoms with van der Waals surface area (Å²) in [6.07, 6.45) is 1.05. The van der Waals surface area contributed by atoms with Gasteiger partial charge in [-0.2, -0.15) is 4.98 Å². The third-order valence-electron chi connectivity index (χ3n) is 3.08. The lowest BCUT2D eigenvalue weighted by atomic mass is 9.99. The van der Waals surface area contributed by atoms with Crippen molar-refractivity contribution in [3.05, 3.63) is 23.4 Å². The molecule has 18 heavy (non-hydrogen) atoms. The SMILES string of the molecule is CCNC(CC)C(C)c1nc(-c2cccs2)no1. The number of rotatable bonds is 6. The smallest absolute Gasteiger partial charge is 0.231 e. The Morgan fingerprint density at radius 3 is 2.89 bits per heavy atom. The minimum Gasteiger partial charge on any atom is -0.339 e. The molecule has 0 saturated heterocycles. The Morgan fingerprint density at radius 2 is 2.28 bits per heavy atom. The summed E-state index contributed by atoms with van der Waals surface area (Å²) in [7, 11) is 0. The van der Waals surface area contributed by atoms with Gasteiger partial charge in [-0.25, -0.2) is 0 Å². The fourth-order valence-corrected chi connectivity index (χ4v) is 2.68. The number of nitrogens with one attached hydrogen (secondary N) is 1. The maximum Gasteiger partial charge on any atom is 0.231 e. The average molecular weight is 265 g/mol. The lowest BCUT2D eigenvalue weighted by Crippen LogP contribution is -2.33. The predicted molar refractivity (Wildman–Crippen MR) is 73.8 cm³/mol. The van der Waals surface area contributed by atoms with Gasteiger partial charge in [-0.05, 0) is 24.4 Å². The first-order valence-electron chi connectivity index (χ1n) is 6.37. The molecule has 0 spiro atoms. The standard InChI is InChI=1S/C13H19N3OS/c1-4-10(14-5-2)9(3)13-15-12(16-17-13)11-7-6-8-18-11/h6-10,14H,4-5H2,1-3H3. The first kappa shape index (κ1) is 13.2. The van der Waals surface area contributed by atoms with Crippen LogP contribution in [0.15, 0.2) is 22.0 Å². The van der Waals surface area contributed by atoms with Gasteiger partial charge in [-0.1, -0.05) is 32.0 Å². The molecule has 2 heterocycles. The van der Waals surface area contributed by atoms with Gasteiger partial charge in [-0.15, -0.1) is 11.3 Å². The van der Waals surface area contributed by atoms with Gasteiger partial charge in [0.1, 0.15) is 0 Å². The Bertz CT molecular complexity index is 466. The van der Waals surface area contributed by atoms with Gasteiger partial charge in [0.15, 0.2) is 0 Å². The topological polar surface area (TPSA) is 51.0 Å². The molecule has 0 aliphatic rings. The molecule has 0 bridgehead atoms. The fourth-order valence-electron chi connectivity index (χ4n) is 2.03. The van der Waals surface area contributed by atoms with E-state index in [4.69, 9.17) is 4.52 Å². The van der Waals surface area contributed by atoms with Crippen molar-refractivity contribution in [3.63, 3.8) is 0 Å². The maximum absolute atomic E-state index is 5.38. The second kappa shape index (κ2) is 6.11. The van der Waals surface area contributed by atoms with E-state index in [-0.39, 0.29) is 5.92 Å². The molecule has 0 amide bonds. The van der Waals surface area contributed by atoms with Crippen LogP contribution in [0.25, 0.3) is 10.7 Å². The summed E-state index contributed by atoms with van der Waals surface area (Å²) >= 11 is 1.62. The molecule has 0 aliphatic heterocycles. The van der Waals surface area contributed by atoms with E-state index in [0.717, 1.165) is 17.8 Å². The number of aromatic nitrogens is 2. The van der Waals surface area contributed by atoms with Crippen molar-refractivity contribution in [2.24, 2.45) is 0 Å². The molecule has 2 atom stereocenters. The first-order valence-corrected chi connectivity index (χ1v) is 7.25. The lowest BCUT2D eigenvalue weighted by molar-refractivity contribution is 0.321. The Balaban J connectivity index is 2.14. The monoisotopic (exact) mass is 265 g/mol. The molecule has 2 rings (SSSR count). The quantitative estimate of drug-likeness (QED) is 0.870. The summed E-state index contributed by atoms with van der Waals surface area (Å²) in [5, 5.41) is 9.52. The molecule has 4 nitrogen and oxygen atoms in total. The van der Waals surface area contributed by atoms with Crippen LogP contribution in [-0.2, 0) is 0 Å². The van der Waals surface area contributed by atoms with E-state index in [1.807, 2.05) is 17.5 Å². The summed E-state index contributed by atoms with van der Waals surface area (Å²) in [5.41, 5.74) is 0. The zero-order valence-electron chi connectivity index (χ0n) is 11.0. The van der Waals surface area contributed by atoms with Crippen LogP contribution in [0.5, 0.6) is 0 Å². The number of hydrogen-bond acceptors (Lipinski definition) is 5. The van der Waals surface area contributed by atoms with Gasteiger partial charge in [0.05, 0.1) is 10.8 Å². The van der Waals surface area contributed by atoms with Gasteiger partial charge < -0.3 is 9.84 Å². The summed E-state index contributed by atoms with van der Waals surface area (Å²) in [6.45, 7) is 7.36. The van der Waals surface area contributed by atoms with Crippen LogP contribution < -0.4 is 5.32 Å². The van der Waals surface area contributed by atoms with Crippen LogP contribution in [0.3, 0.4) is 0 Å². The van der Waals surface area contributed by atoms with Gasteiger partial charge in [0, 0.05) is 6.04 Å². The zero-order valence-corrected chi connectivity index (χ0v) is 11.8. The number of thiophene rings is 1. The van der Waals surface area contributed by atoms with Crippen molar-refractivity contribution >= 4 is 11.3 Å². The average Bonchev–Trinajstić information content (AvgIpc) is 3.04. The summed E-state index contributed by atoms with van der Waals surface area (Å²) in [5.74, 6) is 1.64. The second-order valence-corrected chi connectivity index (χ2v) is 5.24. The van der Waals surface area contributed by atoms with Gasteiger partial charge in [0.2, 0.25) is 11.7 Å². The third-order valence-corrected chi connectivity index (χ3v) is 3.95. The van der Waals surface area contributed by atoms with Gasteiger partial charge >= 0.3 is 0 Å². The van der Waals surface area contributed by atoms with Crippen molar-refractivity contribution in [1.29, 1.82) is 0 Å². The maximum atomic E-state index is 5.38. The molecule has 0 aliphatic carbocycles. The second-order valence-electron chi connectivity index (χ2n) is 4.29. The van der Waals surface area contributed by atoms with Gasteiger partial charge in [-0.3, -0.25) is 0 Å². The molecule has 0 radical (unpaired) electrons. The molecule has 2 aromatic rings. The minimum absolute atomic E-state index is 0.233. The zero-order chi connectivity index (χ0) is 13.0. The highest BCUT2D eigenvalue weighted by Gasteiger charge is 2.22. The van der Waals surface area contributed by atoms with Crippen LogP contribution in [0, 0.1) is 0 Å². The largest absolute Gasteiger partial charge is 0.339 e. The van der Waals surface area contributed by atoms with E-state index >= 15 is 0 Å². The van der Waals surface area contributed by atoms with Gasteiger partial charge in [0.25, 0.3) is 0 Å². The molecular weight excluding hydrogens is 246 g/mol. The first-order chi connectivity index (χ1) is 8.76. The molecule has 2 unspecified atom stereocenters. The number of likely N-dealkylation sites (N-methyl/N-ethyl adjacent to an activating group) is 1. The highest BCUT2D eigenvalue weighted by Crippen LogP contribution is 2.25. The molecule has 0 aromatic carbocycles. The molecule has 5 heteroatoms. The van der Waals surface area contributed by atoms with Crippen LogP contribution in [0.1, 0.15) is 39.0 Å². The number of nitrogens with zero attached hydrogens (tertiary/aromatic N) is 2. The molecule has 0 fully saturated rings. The minimum atomic E-state index is 0.233. The predicted octanol–water partition coefficient (Wildman–Crippen LogP) is 3.29. The normalized spacial score (nSPS) is 14.6. The van der Waals surface area contributed by atoms with E-state index in [9.17, 15) is 0 Å². The summed E-state index contributed by atoms with van der Waals surface area (Å²) in [4.78, 5) is 5.55. The van der Waals surface area contributed by atoms with Crippen molar-refractivity contribution in [2.45, 2.75) is 39.2 Å². The molecule has 0 saturated carbocycles. The summed E-state index contributed by atoms with van der Waals surface area (Å²) in [6, 6.07) is 4.38. The molecule has 2 aromatic heterocycles. The summed E-state index contributed by atoms with van der Waals surface area (Å²) < 4.78 is 5.38. The van der Waals surface area contributed by atoms with E-state index in [2.05, 4.69) is 36.2 Å². The van der Waals surface area contributed by atoms with E-state index in [1.165, 1.54) is 0 Å². The van der Waals surface area contributed by atoms with E-state index in [0.29, 0.717) is 17.8 Å². The Hall–Kier alpha value is -1.20. The Labute approximate surface area is 111 Å². The van der Waals surface area contributed by atoms with Crippen LogP contribution >= 0.6 is 11.3 Å². The lowest BCUT2D eigenvalue weighted by Gasteiger charge is -2.20. The van der Waals surface area contributed by atoms with Crippen molar-refractivity contribution in [1.82, 2.24) is 15.5 Å². The number of hydrogen-bond donors (Lipinski definition) is 1. The highest BCUT2D eigenvalue weighted by molar-refractivity contribution is 7.13. The van der Waals surface area contributed by atoms with Crippen molar-refractivity contribution < 1.29 is 4.52 Å². The fraction of sp³-hybridized carbons (Fsp3) is 0.538. The van der Waals surface area contributed by atoms with Crippen LogP contribution in [0.2, 0.25) is 0 Å². The van der Waals surface area contributed by atoms with E-state index in [1.54, 1.807) is 11.3 Å². The molecule has 98 valence electrons. The Morgan fingerprint density at radius 1 is 1.44 bits per heavy atom. The Kier molecular flexibility index (Phi) is 4.49. The molecule has 1 N–H and O–H groups in total. The third kappa shape index (κ3) is 2.79. The van der Waals surface area contributed by atoms with E-state index < -0.39 is 0 Å². The van der Waals surface area contributed by atoms with Crippen LogP contribution in [-0.4, -0.2) is 22.7 Å².